The van der Waals surface area contributed by atoms with Crippen molar-refractivity contribution in [2.24, 2.45) is 5.92 Å². The minimum atomic E-state index is -0.182. The van der Waals surface area contributed by atoms with E-state index in [2.05, 4.69) is 5.32 Å². The van der Waals surface area contributed by atoms with Gasteiger partial charge in [-0.3, -0.25) is 0 Å². The zero-order valence-corrected chi connectivity index (χ0v) is 10.6. The fourth-order valence-electron chi connectivity index (χ4n) is 2.34. The lowest BCUT2D eigenvalue weighted by atomic mass is 9.81. The third kappa shape index (κ3) is 3.05. The highest BCUT2D eigenvalue weighted by molar-refractivity contribution is 5.85. The number of hydrogen-bond donors (Lipinski definition) is 1. The summed E-state index contributed by atoms with van der Waals surface area (Å²) in [7, 11) is 0. The Bertz CT molecular complexity index is 397. The van der Waals surface area contributed by atoms with Crippen molar-refractivity contribution in [1.82, 2.24) is 5.32 Å². The molecular weight excluding hydrogens is 241 g/mol. The summed E-state index contributed by atoms with van der Waals surface area (Å²) in [5, 5.41) is 3.16. The molecule has 4 heteroatoms. The van der Waals surface area contributed by atoms with Crippen molar-refractivity contribution < 1.29 is 9.18 Å². The minimum absolute atomic E-state index is 0. The number of aryl methyl sites for hydroxylation is 1. The summed E-state index contributed by atoms with van der Waals surface area (Å²) in [5.41, 5.74) is 1.60. The highest BCUT2D eigenvalue weighted by Crippen LogP contribution is 2.31. The summed E-state index contributed by atoms with van der Waals surface area (Å²) in [6.07, 6.45) is 1.76. The Labute approximate surface area is 107 Å². The molecule has 1 fully saturated rings. The van der Waals surface area contributed by atoms with Crippen LogP contribution in [-0.4, -0.2) is 19.4 Å². The van der Waals surface area contributed by atoms with E-state index in [0.29, 0.717) is 12.1 Å². The summed E-state index contributed by atoms with van der Waals surface area (Å²) >= 11 is 0. The lowest BCUT2D eigenvalue weighted by Crippen LogP contribution is -2.36. The lowest BCUT2D eigenvalue weighted by Gasteiger charge is -2.29. The zero-order valence-electron chi connectivity index (χ0n) is 9.78. The van der Waals surface area contributed by atoms with Crippen molar-refractivity contribution in [3.63, 3.8) is 0 Å². The van der Waals surface area contributed by atoms with Crippen molar-refractivity contribution in [3.8, 4) is 0 Å². The molecular formula is C13H17ClFNO. The van der Waals surface area contributed by atoms with Gasteiger partial charge in [-0.2, -0.15) is 0 Å². The van der Waals surface area contributed by atoms with Gasteiger partial charge in [0.05, 0.1) is 0 Å². The number of halogens is 2. The van der Waals surface area contributed by atoms with E-state index >= 15 is 0 Å². The standard InChI is InChI=1S/C13H16FNO.ClH/c1-9-2-3-12(13(14)6-9)11-4-5-15-7-10(11)8-16;/h2-3,6,8,10-11,15H,4-5,7H2,1H3;1H/t10-,11-;/m0./s1. The predicted molar refractivity (Wildman–Crippen MR) is 68.2 cm³/mol. The fraction of sp³-hybridized carbons (Fsp3) is 0.462. The molecule has 2 rings (SSSR count). The molecule has 0 aromatic heterocycles. The molecule has 17 heavy (non-hydrogen) atoms. The molecule has 1 saturated heterocycles. The molecule has 1 N–H and O–H groups in total. The van der Waals surface area contributed by atoms with Crippen LogP contribution in [0.2, 0.25) is 0 Å². The molecule has 0 radical (unpaired) electrons. The molecule has 1 aliphatic rings. The minimum Gasteiger partial charge on any atom is -0.316 e. The average molecular weight is 258 g/mol. The molecule has 94 valence electrons. The first-order chi connectivity index (χ1) is 7.72. The first kappa shape index (κ1) is 14.1. The highest BCUT2D eigenvalue weighted by Gasteiger charge is 2.27. The quantitative estimate of drug-likeness (QED) is 0.825. The van der Waals surface area contributed by atoms with Gasteiger partial charge < -0.3 is 10.1 Å². The number of nitrogens with one attached hydrogen (secondary N) is 1. The number of piperidine rings is 1. The van der Waals surface area contributed by atoms with E-state index in [1.165, 1.54) is 0 Å². The second-order valence-electron chi connectivity index (χ2n) is 4.42. The summed E-state index contributed by atoms with van der Waals surface area (Å²) in [5.74, 6) is -0.260. The monoisotopic (exact) mass is 257 g/mol. The Hall–Kier alpha value is -0.930. The van der Waals surface area contributed by atoms with Crippen molar-refractivity contribution in [3.05, 3.63) is 35.1 Å². The molecule has 0 amide bonds. The molecule has 0 bridgehead atoms. The van der Waals surface area contributed by atoms with Gasteiger partial charge in [0.15, 0.2) is 0 Å². The molecule has 0 unspecified atom stereocenters. The summed E-state index contributed by atoms with van der Waals surface area (Å²) in [4.78, 5) is 11.0. The van der Waals surface area contributed by atoms with Crippen molar-refractivity contribution >= 4 is 18.7 Å². The largest absolute Gasteiger partial charge is 0.316 e. The van der Waals surface area contributed by atoms with E-state index in [0.717, 1.165) is 24.8 Å². The lowest BCUT2D eigenvalue weighted by molar-refractivity contribution is -0.112. The van der Waals surface area contributed by atoms with E-state index in [1.807, 2.05) is 19.1 Å². The molecule has 1 aliphatic heterocycles. The van der Waals surface area contributed by atoms with Crippen LogP contribution in [0.4, 0.5) is 4.39 Å². The van der Waals surface area contributed by atoms with Gasteiger partial charge in [0.1, 0.15) is 12.1 Å². The van der Waals surface area contributed by atoms with Gasteiger partial charge in [-0.15, -0.1) is 12.4 Å². The van der Waals surface area contributed by atoms with Crippen LogP contribution in [0.3, 0.4) is 0 Å². The topological polar surface area (TPSA) is 29.1 Å². The molecule has 1 aromatic rings. The number of rotatable bonds is 2. The van der Waals surface area contributed by atoms with E-state index in [-0.39, 0.29) is 30.1 Å². The van der Waals surface area contributed by atoms with Crippen LogP contribution in [0.15, 0.2) is 18.2 Å². The Morgan fingerprint density at radius 1 is 1.47 bits per heavy atom. The van der Waals surface area contributed by atoms with Crippen LogP contribution in [0.5, 0.6) is 0 Å². The van der Waals surface area contributed by atoms with Crippen LogP contribution in [0.25, 0.3) is 0 Å². The van der Waals surface area contributed by atoms with Crippen LogP contribution in [0.1, 0.15) is 23.5 Å². The molecule has 0 saturated carbocycles. The number of carbonyl (C=O) groups is 1. The van der Waals surface area contributed by atoms with Crippen molar-refractivity contribution in [2.45, 2.75) is 19.3 Å². The second-order valence-corrected chi connectivity index (χ2v) is 4.42. The Kier molecular flexibility index (Phi) is 5.09. The van der Waals surface area contributed by atoms with E-state index in [4.69, 9.17) is 0 Å². The Balaban J connectivity index is 0.00000144. The number of hydrogen-bond acceptors (Lipinski definition) is 2. The van der Waals surface area contributed by atoms with Crippen molar-refractivity contribution in [1.29, 1.82) is 0 Å². The maximum atomic E-state index is 13.8. The van der Waals surface area contributed by atoms with Gasteiger partial charge in [0.2, 0.25) is 0 Å². The molecule has 2 nitrogen and oxygen atoms in total. The Morgan fingerprint density at radius 2 is 2.24 bits per heavy atom. The molecule has 1 heterocycles. The van der Waals surface area contributed by atoms with Gasteiger partial charge in [-0.1, -0.05) is 12.1 Å². The first-order valence-corrected chi connectivity index (χ1v) is 5.64. The number of aldehydes is 1. The van der Waals surface area contributed by atoms with Crippen LogP contribution >= 0.6 is 12.4 Å². The van der Waals surface area contributed by atoms with Crippen LogP contribution < -0.4 is 5.32 Å². The maximum absolute atomic E-state index is 13.8. The SMILES string of the molecule is Cc1ccc([C@H]2CCNC[C@H]2C=O)c(F)c1.Cl. The fourth-order valence-corrected chi connectivity index (χ4v) is 2.34. The average Bonchev–Trinajstić information content (AvgIpc) is 2.29. The Morgan fingerprint density at radius 3 is 2.88 bits per heavy atom. The van der Waals surface area contributed by atoms with E-state index in [9.17, 15) is 9.18 Å². The number of carbonyl (C=O) groups excluding carboxylic acids is 1. The normalized spacial score (nSPS) is 23.9. The zero-order chi connectivity index (χ0) is 11.5. The smallest absolute Gasteiger partial charge is 0.126 e. The van der Waals surface area contributed by atoms with Gasteiger partial charge in [0, 0.05) is 12.5 Å². The first-order valence-electron chi connectivity index (χ1n) is 5.64. The molecule has 2 atom stereocenters. The molecule has 0 spiro atoms. The van der Waals surface area contributed by atoms with Crippen LogP contribution in [0, 0.1) is 18.7 Å². The van der Waals surface area contributed by atoms with E-state index in [1.54, 1.807) is 6.07 Å². The van der Waals surface area contributed by atoms with E-state index < -0.39 is 0 Å². The van der Waals surface area contributed by atoms with Gasteiger partial charge in [-0.05, 0) is 43.0 Å². The molecule has 0 aliphatic carbocycles. The van der Waals surface area contributed by atoms with Gasteiger partial charge in [0.25, 0.3) is 0 Å². The summed E-state index contributed by atoms with van der Waals surface area (Å²) < 4.78 is 13.8. The number of benzene rings is 1. The third-order valence-corrected chi connectivity index (χ3v) is 3.26. The summed E-state index contributed by atoms with van der Waals surface area (Å²) in [6, 6.07) is 5.26. The predicted octanol–water partition coefficient (Wildman–Crippen LogP) is 2.45. The second kappa shape index (κ2) is 6.12. The van der Waals surface area contributed by atoms with Crippen molar-refractivity contribution in [2.75, 3.05) is 13.1 Å². The van der Waals surface area contributed by atoms with Gasteiger partial charge >= 0.3 is 0 Å². The molecule has 1 aromatic carbocycles. The highest BCUT2D eigenvalue weighted by atomic mass is 35.5. The summed E-state index contributed by atoms with van der Waals surface area (Å²) in [6.45, 7) is 3.37. The van der Waals surface area contributed by atoms with Gasteiger partial charge in [-0.25, -0.2) is 4.39 Å². The third-order valence-electron chi connectivity index (χ3n) is 3.26. The van der Waals surface area contributed by atoms with Crippen LogP contribution in [-0.2, 0) is 4.79 Å². The maximum Gasteiger partial charge on any atom is 0.126 e.